The lowest BCUT2D eigenvalue weighted by Gasteiger charge is -2.36. The third kappa shape index (κ3) is 5.99. The van der Waals surface area contributed by atoms with E-state index < -0.39 is 0 Å². The smallest absolute Gasteiger partial charge is 0.224 e. The van der Waals surface area contributed by atoms with Crippen molar-refractivity contribution in [2.45, 2.75) is 26.7 Å². The lowest BCUT2D eigenvalue weighted by atomic mass is 10.1. The Morgan fingerprint density at radius 1 is 0.933 bits per heavy atom. The Balaban J connectivity index is 1.31. The highest BCUT2D eigenvalue weighted by Crippen LogP contribution is 2.20. The minimum atomic E-state index is -0.0954. The lowest BCUT2D eigenvalue weighted by Crippen LogP contribution is -2.49. The summed E-state index contributed by atoms with van der Waals surface area (Å²) in [6.07, 6.45) is 0.603. The molecule has 0 aromatic heterocycles. The third-order valence-corrected chi connectivity index (χ3v) is 5.56. The number of carbonyl (C=O) groups excluding carboxylic acids is 2. The molecule has 1 aliphatic heterocycles. The summed E-state index contributed by atoms with van der Waals surface area (Å²) in [7, 11) is 0. The molecule has 0 bridgehead atoms. The zero-order valence-electron chi connectivity index (χ0n) is 17.9. The van der Waals surface area contributed by atoms with Gasteiger partial charge in [-0.1, -0.05) is 30.3 Å². The van der Waals surface area contributed by atoms with Gasteiger partial charge in [0.25, 0.3) is 0 Å². The number of piperazine rings is 1. The molecule has 1 fully saturated rings. The molecule has 0 atom stereocenters. The zero-order chi connectivity index (χ0) is 21.3. The molecule has 0 saturated carbocycles. The van der Waals surface area contributed by atoms with E-state index in [4.69, 9.17) is 4.74 Å². The summed E-state index contributed by atoms with van der Waals surface area (Å²) in [5, 5.41) is 2.82. The number of amides is 2. The van der Waals surface area contributed by atoms with Crippen LogP contribution < -0.4 is 15.0 Å². The number of nitrogens with zero attached hydrogens (tertiary/aromatic N) is 2. The molecular formula is C24H31N3O3. The van der Waals surface area contributed by atoms with Gasteiger partial charge >= 0.3 is 0 Å². The van der Waals surface area contributed by atoms with E-state index in [9.17, 15) is 9.59 Å². The van der Waals surface area contributed by atoms with Crippen molar-refractivity contribution in [3.63, 3.8) is 0 Å². The average molecular weight is 410 g/mol. The molecule has 1 aliphatic rings. The minimum Gasteiger partial charge on any atom is -0.493 e. The maximum absolute atomic E-state index is 12.4. The van der Waals surface area contributed by atoms with Crippen LogP contribution in [0.2, 0.25) is 0 Å². The fourth-order valence-corrected chi connectivity index (χ4v) is 3.54. The number of ether oxygens (including phenoxy) is 1. The van der Waals surface area contributed by atoms with Crippen molar-refractivity contribution < 1.29 is 14.3 Å². The molecule has 0 spiro atoms. The summed E-state index contributed by atoms with van der Waals surface area (Å²) in [4.78, 5) is 28.6. The van der Waals surface area contributed by atoms with Crippen LogP contribution in [0.15, 0.2) is 48.5 Å². The summed E-state index contributed by atoms with van der Waals surface area (Å²) in [6, 6.07) is 16.2. The van der Waals surface area contributed by atoms with Crippen LogP contribution in [0.25, 0.3) is 0 Å². The van der Waals surface area contributed by atoms with Crippen LogP contribution in [0.1, 0.15) is 24.0 Å². The second-order valence-electron chi connectivity index (χ2n) is 7.60. The van der Waals surface area contributed by atoms with Gasteiger partial charge in [0.05, 0.1) is 13.0 Å². The second-order valence-corrected chi connectivity index (χ2v) is 7.60. The monoisotopic (exact) mass is 409 g/mol. The van der Waals surface area contributed by atoms with E-state index in [2.05, 4.69) is 22.3 Å². The van der Waals surface area contributed by atoms with E-state index in [1.54, 1.807) is 0 Å². The SMILES string of the molecule is Cc1cccc(OCCC(=O)NCCC(=O)N2CCN(c3ccccc3)CC2)c1C. The van der Waals surface area contributed by atoms with E-state index in [1.807, 2.05) is 55.1 Å². The average Bonchev–Trinajstić information content (AvgIpc) is 2.77. The number of aryl methyl sites for hydroxylation is 1. The topological polar surface area (TPSA) is 61.9 Å². The van der Waals surface area contributed by atoms with Crippen molar-refractivity contribution in [1.82, 2.24) is 10.2 Å². The first-order valence-corrected chi connectivity index (χ1v) is 10.6. The van der Waals surface area contributed by atoms with Crippen LogP contribution in [0.4, 0.5) is 5.69 Å². The Bertz CT molecular complexity index is 846. The number of carbonyl (C=O) groups is 2. The first-order chi connectivity index (χ1) is 14.5. The molecule has 0 aliphatic carbocycles. The van der Waals surface area contributed by atoms with Gasteiger partial charge in [-0.15, -0.1) is 0 Å². The maximum atomic E-state index is 12.4. The standard InChI is InChI=1S/C24H31N3O3/c1-19-7-6-10-22(20(19)2)30-18-12-23(28)25-13-11-24(29)27-16-14-26(15-17-27)21-8-4-3-5-9-21/h3-10H,11-18H2,1-2H3,(H,25,28). The van der Waals surface area contributed by atoms with E-state index in [1.165, 1.54) is 11.3 Å². The van der Waals surface area contributed by atoms with Crippen molar-refractivity contribution in [3.8, 4) is 5.75 Å². The fraction of sp³-hybridized carbons (Fsp3) is 0.417. The highest BCUT2D eigenvalue weighted by atomic mass is 16.5. The van der Waals surface area contributed by atoms with Gasteiger partial charge in [0, 0.05) is 44.8 Å². The molecule has 30 heavy (non-hydrogen) atoms. The fourth-order valence-electron chi connectivity index (χ4n) is 3.54. The Labute approximate surface area is 178 Å². The van der Waals surface area contributed by atoms with Gasteiger partial charge in [-0.25, -0.2) is 0 Å². The summed E-state index contributed by atoms with van der Waals surface area (Å²) in [5.41, 5.74) is 3.45. The van der Waals surface area contributed by atoms with E-state index >= 15 is 0 Å². The summed E-state index contributed by atoms with van der Waals surface area (Å²) in [6.45, 7) is 7.82. The first kappa shape index (κ1) is 21.7. The van der Waals surface area contributed by atoms with Crippen LogP contribution in [-0.4, -0.2) is 56.0 Å². The Morgan fingerprint density at radius 2 is 1.67 bits per heavy atom. The third-order valence-electron chi connectivity index (χ3n) is 5.56. The quantitative estimate of drug-likeness (QED) is 0.728. The van der Waals surface area contributed by atoms with E-state index in [-0.39, 0.29) is 18.2 Å². The minimum absolute atomic E-state index is 0.0923. The molecule has 0 unspecified atom stereocenters. The van der Waals surface area contributed by atoms with Gasteiger partial charge in [-0.2, -0.15) is 0 Å². The molecule has 2 aromatic carbocycles. The molecule has 6 nitrogen and oxygen atoms in total. The van der Waals surface area contributed by atoms with Gasteiger partial charge < -0.3 is 19.9 Å². The predicted molar refractivity (Wildman–Crippen MR) is 119 cm³/mol. The molecule has 1 saturated heterocycles. The molecule has 3 rings (SSSR count). The van der Waals surface area contributed by atoms with Crippen molar-refractivity contribution in [1.29, 1.82) is 0 Å². The van der Waals surface area contributed by atoms with Gasteiger partial charge in [-0.3, -0.25) is 9.59 Å². The molecule has 6 heteroatoms. The lowest BCUT2D eigenvalue weighted by molar-refractivity contribution is -0.131. The van der Waals surface area contributed by atoms with Crippen LogP contribution in [0.5, 0.6) is 5.75 Å². The Morgan fingerprint density at radius 3 is 2.40 bits per heavy atom. The van der Waals surface area contributed by atoms with E-state index in [0.29, 0.717) is 32.7 Å². The number of hydrogen-bond donors (Lipinski definition) is 1. The molecule has 0 radical (unpaired) electrons. The van der Waals surface area contributed by atoms with Crippen molar-refractivity contribution in [2.75, 3.05) is 44.2 Å². The number of hydrogen-bond acceptors (Lipinski definition) is 4. The van der Waals surface area contributed by atoms with E-state index in [0.717, 1.165) is 24.4 Å². The zero-order valence-corrected chi connectivity index (χ0v) is 17.9. The van der Waals surface area contributed by atoms with Gasteiger partial charge in [0.1, 0.15) is 5.75 Å². The van der Waals surface area contributed by atoms with Crippen LogP contribution in [0.3, 0.4) is 0 Å². The van der Waals surface area contributed by atoms with Crippen molar-refractivity contribution in [3.05, 3.63) is 59.7 Å². The maximum Gasteiger partial charge on any atom is 0.224 e. The van der Waals surface area contributed by atoms with Crippen LogP contribution in [0, 0.1) is 13.8 Å². The number of rotatable bonds is 8. The molecule has 1 N–H and O–H groups in total. The highest BCUT2D eigenvalue weighted by molar-refractivity contribution is 5.79. The van der Waals surface area contributed by atoms with Crippen molar-refractivity contribution >= 4 is 17.5 Å². The highest BCUT2D eigenvalue weighted by Gasteiger charge is 2.21. The number of nitrogens with one attached hydrogen (secondary N) is 1. The molecule has 2 aromatic rings. The largest absolute Gasteiger partial charge is 0.493 e. The summed E-state index contributed by atoms with van der Waals surface area (Å²) < 4.78 is 5.72. The second kappa shape index (κ2) is 10.7. The number of benzene rings is 2. The first-order valence-electron chi connectivity index (χ1n) is 10.6. The van der Waals surface area contributed by atoms with Crippen LogP contribution in [-0.2, 0) is 9.59 Å². The molecular weight excluding hydrogens is 378 g/mol. The Hall–Kier alpha value is -3.02. The van der Waals surface area contributed by atoms with Gasteiger partial charge in [-0.05, 0) is 43.2 Å². The summed E-state index contributed by atoms with van der Waals surface area (Å²) in [5.74, 6) is 0.810. The molecule has 160 valence electrons. The van der Waals surface area contributed by atoms with Gasteiger partial charge in [0.2, 0.25) is 11.8 Å². The number of anilines is 1. The normalized spacial score (nSPS) is 13.8. The molecule has 1 heterocycles. The molecule has 2 amide bonds. The Kier molecular flexibility index (Phi) is 7.71. The predicted octanol–water partition coefficient (Wildman–Crippen LogP) is 2.93. The summed E-state index contributed by atoms with van der Waals surface area (Å²) >= 11 is 0. The van der Waals surface area contributed by atoms with Crippen LogP contribution >= 0.6 is 0 Å². The van der Waals surface area contributed by atoms with Gasteiger partial charge in [0.15, 0.2) is 0 Å². The number of para-hydroxylation sites is 1. The van der Waals surface area contributed by atoms with Crippen molar-refractivity contribution in [2.24, 2.45) is 0 Å².